The largest absolute Gasteiger partial charge is 0.261 e. The lowest BCUT2D eigenvalue weighted by Crippen LogP contribution is -1.95. The third-order valence-corrected chi connectivity index (χ3v) is 5.03. The summed E-state index contributed by atoms with van der Waals surface area (Å²) in [6, 6.07) is 15.5. The molecule has 0 saturated heterocycles. The minimum atomic E-state index is 0.648. The highest BCUT2D eigenvalue weighted by Gasteiger charge is 2.40. The second-order valence-corrected chi connectivity index (χ2v) is 6.36. The first kappa shape index (κ1) is 12.1. The van der Waals surface area contributed by atoms with Gasteiger partial charge in [0.05, 0.1) is 0 Å². The van der Waals surface area contributed by atoms with Crippen molar-refractivity contribution < 1.29 is 0 Å². The van der Waals surface area contributed by atoms with Crippen LogP contribution in [-0.4, -0.2) is 4.98 Å². The molecule has 1 aromatic heterocycles. The molecule has 2 saturated carbocycles. The van der Waals surface area contributed by atoms with Crippen LogP contribution in [0.2, 0.25) is 0 Å². The van der Waals surface area contributed by atoms with E-state index < -0.39 is 0 Å². The molecular weight excluding hydrogens is 242 g/mol. The Kier molecular flexibility index (Phi) is 3.06. The fraction of sp³-hybridized carbons (Fsp3) is 0.421. The van der Waals surface area contributed by atoms with Crippen molar-refractivity contribution >= 4 is 0 Å². The van der Waals surface area contributed by atoms with Crippen LogP contribution in [0.4, 0.5) is 0 Å². The summed E-state index contributed by atoms with van der Waals surface area (Å²) in [5.41, 5.74) is 4.22. The molecule has 1 heteroatoms. The first-order valence-corrected chi connectivity index (χ1v) is 7.92. The molecule has 0 bridgehead atoms. The molecular formula is C19H21N. The van der Waals surface area contributed by atoms with Gasteiger partial charge in [-0.2, -0.15) is 0 Å². The highest BCUT2D eigenvalue weighted by Crippen LogP contribution is 2.54. The van der Waals surface area contributed by atoms with Crippen LogP contribution in [0.1, 0.15) is 66.7 Å². The smallest absolute Gasteiger partial charge is 0.0441 e. The van der Waals surface area contributed by atoms with E-state index in [1.165, 1.54) is 48.9 Å². The molecule has 2 atom stereocenters. The van der Waals surface area contributed by atoms with Crippen LogP contribution in [-0.2, 0) is 0 Å². The molecule has 0 amide bonds. The highest BCUT2D eigenvalue weighted by molar-refractivity contribution is 5.34. The monoisotopic (exact) mass is 263 g/mol. The molecule has 2 fully saturated rings. The van der Waals surface area contributed by atoms with Gasteiger partial charge in [-0.1, -0.05) is 49.2 Å². The summed E-state index contributed by atoms with van der Waals surface area (Å²) in [7, 11) is 0. The van der Waals surface area contributed by atoms with Gasteiger partial charge in [-0.15, -0.1) is 0 Å². The Morgan fingerprint density at radius 1 is 0.800 bits per heavy atom. The molecule has 1 aromatic carbocycles. The van der Waals surface area contributed by atoms with Gasteiger partial charge >= 0.3 is 0 Å². The number of benzene rings is 1. The van der Waals surface area contributed by atoms with E-state index in [0.29, 0.717) is 11.8 Å². The Labute approximate surface area is 121 Å². The van der Waals surface area contributed by atoms with E-state index in [-0.39, 0.29) is 0 Å². The molecule has 0 radical (unpaired) electrons. The molecule has 2 aliphatic carbocycles. The maximum Gasteiger partial charge on any atom is 0.0441 e. The van der Waals surface area contributed by atoms with Gasteiger partial charge < -0.3 is 0 Å². The zero-order chi connectivity index (χ0) is 13.4. The Morgan fingerprint density at radius 3 is 2.30 bits per heavy atom. The van der Waals surface area contributed by atoms with Crippen molar-refractivity contribution in [3.05, 3.63) is 65.5 Å². The Balaban J connectivity index is 1.48. The second kappa shape index (κ2) is 5.05. The van der Waals surface area contributed by atoms with Crippen LogP contribution >= 0.6 is 0 Å². The minimum Gasteiger partial charge on any atom is -0.261 e. The minimum absolute atomic E-state index is 0.648. The molecule has 1 heterocycles. The molecule has 4 rings (SSSR count). The lowest BCUT2D eigenvalue weighted by Gasteiger charge is -2.09. The van der Waals surface area contributed by atoms with Crippen LogP contribution in [0.25, 0.3) is 0 Å². The third kappa shape index (κ3) is 2.26. The first-order chi connectivity index (χ1) is 9.92. The molecule has 20 heavy (non-hydrogen) atoms. The van der Waals surface area contributed by atoms with Crippen LogP contribution in [0, 0.1) is 0 Å². The normalized spacial score (nSPS) is 25.8. The first-order valence-electron chi connectivity index (χ1n) is 7.92. The van der Waals surface area contributed by atoms with Crippen molar-refractivity contribution in [2.45, 2.75) is 49.9 Å². The molecule has 0 spiro atoms. The number of pyridine rings is 1. The van der Waals surface area contributed by atoms with Gasteiger partial charge in [-0.05, 0) is 48.3 Å². The van der Waals surface area contributed by atoms with Crippen LogP contribution in [0.3, 0.4) is 0 Å². The van der Waals surface area contributed by atoms with Gasteiger partial charge in [-0.3, -0.25) is 4.98 Å². The average Bonchev–Trinajstić information content (AvgIpc) is 3.13. The maximum absolute atomic E-state index is 4.76. The zero-order valence-corrected chi connectivity index (χ0v) is 11.8. The number of hydrogen-bond donors (Lipinski definition) is 0. The summed E-state index contributed by atoms with van der Waals surface area (Å²) in [6.45, 7) is 0. The number of hydrogen-bond acceptors (Lipinski definition) is 1. The molecule has 2 unspecified atom stereocenters. The fourth-order valence-corrected chi connectivity index (χ4v) is 3.73. The Morgan fingerprint density at radius 2 is 1.60 bits per heavy atom. The van der Waals surface area contributed by atoms with Crippen molar-refractivity contribution in [1.29, 1.82) is 0 Å². The van der Waals surface area contributed by atoms with E-state index in [2.05, 4.69) is 48.7 Å². The third-order valence-electron chi connectivity index (χ3n) is 5.03. The Bertz CT molecular complexity index is 566. The Hall–Kier alpha value is -1.63. The van der Waals surface area contributed by atoms with E-state index in [4.69, 9.17) is 4.98 Å². The zero-order valence-electron chi connectivity index (χ0n) is 11.8. The molecule has 2 aromatic rings. The topological polar surface area (TPSA) is 12.9 Å². The molecule has 0 aliphatic heterocycles. The van der Waals surface area contributed by atoms with Crippen molar-refractivity contribution in [2.75, 3.05) is 0 Å². The summed E-state index contributed by atoms with van der Waals surface area (Å²) in [5, 5.41) is 0. The van der Waals surface area contributed by atoms with Gasteiger partial charge in [0.25, 0.3) is 0 Å². The summed E-state index contributed by atoms with van der Waals surface area (Å²) >= 11 is 0. The van der Waals surface area contributed by atoms with Crippen molar-refractivity contribution in [3.63, 3.8) is 0 Å². The van der Waals surface area contributed by atoms with Crippen LogP contribution in [0.15, 0.2) is 48.7 Å². The number of aromatic nitrogens is 1. The molecule has 0 N–H and O–H groups in total. The highest BCUT2D eigenvalue weighted by atomic mass is 14.7. The lowest BCUT2D eigenvalue weighted by atomic mass is 9.99. The van der Waals surface area contributed by atoms with E-state index in [1.807, 2.05) is 0 Å². The van der Waals surface area contributed by atoms with Crippen molar-refractivity contribution in [3.8, 4) is 0 Å². The van der Waals surface area contributed by atoms with Gasteiger partial charge in [0.1, 0.15) is 0 Å². The predicted molar refractivity (Wildman–Crippen MR) is 82.0 cm³/mol. The molecule has 102 valence electrons. The second-order valence-electron chi connectivity index (χ2n) is 6.36. The summed E-state index contributed by atoms with van der Waals surface area (Å²) in [4.78, 5) is 4.76. The number of rotatable bonds is 3. The lowest BCUT2D eigenvalue weighted by molar-refractivity contribution is 0.717. The van der Waals surface area contributed by atoms with Gasteiger partial charge in [0.2, 0.25) is 0 Å². The SMILES string of the molecule is c1ccc(C2CC2c2ccc(C3CCCC3)cn2)cc1. The standard InChI is InChI=1S/C19H21N/c1-2-8-15(9-3-1)17-12-18(17)19-11-10-16(13-20-19)14-6-4-5-7-14/h1-3,8-11,13-14,17-18H,4-7,12H2. The quantitative estimate of drug-likeness (QED) is 0.758. The fourth-order valence-electron chi connectivity index (χ4n) is 3.73. The predicted octanol–water partition coefficient (Wildman–Crippen LogP) is 5.01. The average molecular weight is 263 g/mol. The maximum atomic E-state index is 4.76. The van der Waals surface area contributed by atoms with Gasteiger partial charge in [0.15, 0.2) is 0 Å². The van der Waals surface area contributed by atoms with Crippen LogP contribution < -0.4 is 0 Å². The summed E-state index contributed by atoms with van der Waals surface area (Å²) in [5.74, 6) is 2.12. The van der Waals surface area contributed by atoms with E-state index in [1.54, 1.807) is 0 Å². The van der Waals surface area contributed by atoms with E-state index in [9.17, 15) is 0 Å². The van der Waals surface area contributed by atoms with Gasteiger partial charge in [-0.25, -0.2) is 0 Å². The van der Waals surface area contributed by atoms with Gasteiger partial charge in [0, 0.05) is 17.8 Å². The summed E-state index contributed by atoms with van der Waals surface area (Å²) in [6.07, 6.45) is 8.91. The summed E-state index contributed by atoms with van der Waals surface area (Å²) < 4.78 is 0. The van der Waals surface area contributed by atoms with E-state index >= 15 is 0 Å². The van der Waals surface area contributed by atoms with Crippen molar-refractivity contribution in [1.82, 2.24) is 4.98 Å². The molecule has 1 nitrogen and oxygen atoms in total. The molecule has 2 aliphatic rings. The van der Waals surface area contributed by atoms with E-state index in [0.717, 1.165) is 5.92 Å². The van der Waals surface area contributed by atoms with Crippen LogP contribution in [0.5, 0.6) is 0 Å². The number of nitrogens with zero attached hydrogens (tertiary/aromatic N) is 1. The van der Waals surface area contributed by atoms with Crippen molar-refractivity contribution in [2.24, 2.45) is 0 Å².